The number of likely N-dealkylation sites (N-methyl/N-ethyl adjacent to an activating group) is 1. The second-order valence-corrected chi connectivity index (χ2v) is 6.21. The summed E-state index contributed by atoms with van der Waals surface area (Å²) in [4.78, 5) is 9.30. The van der Waals surface area contributed by atoms with Crippen molar-refractivity contribution in [1.29, 1.82) is 0 Å². The van der Waals surface area contributed by atoms with E-state index in [4.69, 9.17) is 0 Å². The van der Waals surface area contributed by atoms with Crippen LogP contribution in [0, 0.1) is 6.92 Å². The Hall–Kier alpha value is -0.610. The van der Waals surface area contributed by atoms with E-state index in [-0.39, 0.29) is 5.54 Å². The zero-order valence-corrected chi connectivity index (χ0v) is 12.6. The summed E-state index contributed by atoms with van der Waals surface area (Å²) in [6.45, 7) is 9.80. The Kier molecular flexibility index (Phi) is 3.46. The molecule has 0 spiro atoms. The number of pyridine rings is 1. The third-order valence-corrected chi connectivity index (χ3v) is 4.66. The molecule has 0 aliphatic carbocycles. The van der Waals surface area contributed by atoms with Crippen LogP contribution in [0.1, 0.15) is 19.4 Å². The van der Waals surface area contributed by atoms with Crippen LogP contribution in [0.5, 0.6) is 0 Å². The average Bonchev–Trinajstić information content (AvgIpc) is 2.26. The van der Waals surface area contributed by atoms with Gasteiger partial charge in [0.2, 0.25) is 0 Å². The maximum absolute atomic E-state index is 4.51. The van der Waals surface area contributed by atoms with Crippen LogP contribution in [-0.4, -0.2) is 42.1 Å². The minimum atomic E-state index is 0.198. The van der Waals surface area contributed by atoms with Crippen molar-refractivity contribution in [1.82, 2.24) is 9.88 Å². The normalized spacial score (nSPS) is 20.6. The molecule has 94 valence electrons. The lowest BCUT2D eigenvalue weighted by molar-refractivity contribution is 0.138. The van der Waals surface area contributed by atoms with Gasteiger partial charge in [-0.15, -0.1) is 0 Å². The van der Waals surface area contributed by atoms with Gasteiger partial charge in [-0.2, -0.15) is 0 Å². The summed E-state index contributed by atoms with van der Waals surface area (Å²) in [5.74, 6) is 1.08. The summed E-state index contributed by atoms with van der Waals surface area (Å²) in [5.41, 5.74) is 1.44. The number of rotatable bonds is 1. The highest BCUT2D eigenvalue weighted by molar-refractivity contribution is 9.10. The molecule has 0 saturated carbocycles. The Morgan fingerprint density at radius 1 is 1.35 bits per heavy atom. The van der Waals surface area contributed by atoms with Crippen LogP contribution in [-0.2, 0) is 0 Å². The first-order chi connectivity index (χ1) is 7.92. The monoisotopic (exact) mass is 297 g/mol. The van der Waals surface area contributed by atoms with Crippen molar-refractivity contribution in [3.8, 4) is 0 Å². The zero-order chi connectivity index (χ0) is 12.6. The fourth-order valence-corrected chi connectivity index (χ4v) is 2.65. The Labute approximate surface area is 112 Å². The van der Waals surface area contributed by atoms with E-state index >= 15 is 0 Å². The van der Waals surface area contributed by atoms with E-state index in [1.165, 1.54) is 5.56 Å². The van der Waals surface area contributed by atoms with Gasteiger partial charge in [0.1, 0.15) is 5.82 Å². The number of piperazine rings is 1. The van der Waals surface area contributed by atoms with Crippen molar-refractivity contribution in [2.24, 2.45) is 0 Å². The van der Waals surface area contributed by atoms with E-state index in [0.29, 0.717) is 0 Å². The average molecular weight is 298 g/mol. The van der Waals surface area contributed by atoms with Gasteiger partial charge >= 0.3 is 0 Å². The predicted octanol–water partition coefficient (Wildman–Crippen LogP) is 2.68. The highest BCUT2D eigenvalue weighted by Crippen LogP contribution is 2.30. The molecule has 1 aliphatic heterocycles. The second kappa shape index (κ2) is 4.58. The van der Waals surface area contributed by atoms with E-state index in [2.05, 4.69) is 58.5 Å². The number of anilines is 1. The van der Waals surface area contributed by atoms with Gasteiger partial charge in [0.05, 0.1) is 4.47 Å². The third-order valence-electron chi connectivity index (χ3n) is 3.68. The van der Waals surface area contributed by atoms with E-state index in [9.17, 15) is 0 Å². The van der Waals surface area contributed by atoms with Crippen LogP contribution in [0.2, 0.25) is 0 Å². The molecule has 0 atom stereocenters. The fourth-order valence-electron chi connectivity index (χ4n) is 2.17. The van der Waals surface area contributed by atoms with Crippen LogP contribution in [0.15, 0.2) is 16.7 Å². The van der Waals surface area contributed by atoms with Gasteiger partial charge in [-0.25, -0.2) is 4.98 Å². The van der Waals surface area contributed by atoms with Gasteiger partial charge < -0.3 is 4.90 Å². The lowest BCUT2D eigenvalue weighted by Gasteiger charge is -2.46. The zero-order valence-electron chi connectivity index (χ0n) is 11.0. The number of hydrogen-bond donors (Lipinski definition) is 0. The molecule has 2 heterocycles. The van der Waals surface area contributed by atoms with Crippen molar-refractivity contribution >= 4 is 21.7 Å². The van der Waals surface area contributed by atoms with Crippen molar-refractivity contribution < 1.29 is 0 Å². The molecule has 1 aromatic rings. The molecule has 4 heteroatoms. The highest BCUT2D eigenvalue weighted by atomic mass is 79.9. The molecule has 0 bridgehead atoms. The lowest BCUT2D eigenvalue weighted by Crippen LogP contribution is -2.58. The SMILES string of the molecule is Cc1ccnc(N2CCN(C)C(C)(C)C2)c1Br. The molecule has 1 aromatic heterocycles. The Bertz CT molecular complexity index is 417. The molecule has 1 saturated heterocycles. The van der Waals surface area contributed by atoms with Gasteiger partial charge in [0.15, 0.2) is 0 Å². The summed E-state index contributed by atoms with van der Waals surface area (Å²) in [6.07, 6.45) is 1.89. The van der Waals surface area contributed by atoms with Crippen LogP contribution < -0.4 is 4.90 Å². The Morgan fingerprint density at radius 2 is 2.06 bits per heavy atom. The summed E-state index contributed by atoms with van der Waals surface area (Å²) < 4.78 is 1.13. The number of halogens is 1. The summed E-state index contributed by atoms with van der Waals surface area (Å²) in [7, 11) is 2.19. The maximum atomic E-state index is 4.51. The van der Waals surface area contributed by atoms with Crippen molar-refractivity contribution in [2.75, 3.05) is 31.6 Å². The van der Waals surface area contributed by atoms with Gasteiger partial charge in [0.25, 0.3) is 0 Å². The Balaban J connectivity index is 2.27. The summed E-state index contributed by atoms with van der Waals surface area (Å²) in [5, 5.41) is 0. The van der Waals surface area contributed by atoms with E-state index in [1.807, 2.05) is 12.3 Å². The molecule has 1 aliphatic rings. The quantitative estimate of drug-likeness (QED) is 0.794. The lowest BCUT2D eigenvalue weighted by atomic mass is 10.00. The number of aryl methyl sites for hydroxylation is 1. The summed E-state index contributed by atoms with van der Waals surface area (Å²) >= 11 is 3.65. The van der Waals surface area contributed by atoms with Gasteiger partial charge in [-0.05, 0) is 55.4 Å². The number of nitrogens with zero attached hydrogens (tertiary/aromatic N) is 3. The minimum absolute atomic E-state index is 0.198. The van der Waals surface area contributed by atoms with E-state index in [0.717, 1.165) is 29.9 Å². The number of aromatic nitrogens is 1. The van der Waals surface area contributed by atoms with E-state index in [1.54, 1.807) is 0 Å². The molecule has 0 unspecified atom stereocenters. The van der Waals surface area contributed by atoms with Crippen LogP contribution in [0.3, 0.4) is 0 Å². The van der Waals surface area contributed by atoms with Gasteiger partial charge in [-0.3, -0.25) is 4.90 Å². The molecule has 1 fully saturated rings. The largest absolute Gasteiger partial charge is 0.353 e. The van der Waals surface area contributed by atoms with Crippen molar-refractivity contribution in [2.45, 2.75) is 26.3 Å². The molecule has 0 radical (unpaired) electrons. The standard InChI is InChI=1S/C13H20BrN3/c1-10-5-6-15-12(11(10)14)17-8-7-16(4)13(2,3)9-17/h5-6H,7-9H2,1-4H3. The Morgan fingerprint density at radius 3 is 2.71 bits per heavy atom. The predicted molar refractivity (Wildman–Crippen MR) is 75.6 cm³/mol. The fraction of sp³-hybridized carbons (Fsp3) is 0.615. The molecule has 0 aromatic carbocycles. The maximum Gasteiger partial charge on any atom is 0.143 e. The molecule has 0 amide bonds. The first kappa shape index (κ1) is 12.8. The molecule has 0 N–H and O–H groups in total. The van der Waals surface area contributed by atoms with Crippen LogP contribution in [0.25, 0.3) is 0 Å². The van der Waals surface area contributed by atoms with Crippen molar-refractivity contribution in [3.63, 3.8) is 0 Å². The minimum Gasteiger partial charge on any atom is -0.353 e. The third kappa shape index (κ3) is 2.47. The van der Waals surface area contributed by atoms with E-state index < -0.39 is 0 Å². The molecular weight excluding hydrogens is 278 g/mol. The number of hydrogen-bond acceptors (Lipinski definition) is 3. The van der Waals surface area contributed by atoms with Gasteiger partial charge in [-0.1, -0.05) is 0 Å². The van der Waals surface area contributed by atoms with Crippen LogP contribution in [0.4, 0.5) is 5.82 Å². The first-order valence-electron chi connectivity index (χ1n) is 5.99. The molecule has 3 nitrogen and oxygen atoms in total. The molecule has 17 heavy (non-hydrogen) atoms. The molecular formula is C13H20BrN3. The second-order valence-electron chi connectivity index (χ2n) is 5.42. The smallest absolute Gasteiger partial charge is 0.143 e. The highest BCUT2D eigenvalue weighted by Gasteiger charge is 2.32. The van der Waals surface area contributed by atoms with Crippen LogP contribution >= 0.6 is 15.9 Å². The molecule has 2 rings (SSSR count). The first-order valence-corrected chi connectivity index (χ1v) is 6.78. The summed E-state index contributed by atoms with van der Waals surface area (Å²) in [6, 6.07) is 2.04. The topological polar surface area (TPSA) is 19.4 Å². The van der Waals surface area contributed by atoms with Crippen molar-refractivity contribution in [3.05, 3.63) is 22.3 Å². The van der Waals surface area contributed by atoms with Gasteiger partial charge in [0, 0.05) is 31.4 Å².